The first-order valence-corrected chi connectivity index (χ1v) is 8.51. The Bertz CT molecular complexity index is 874. The van der Waals surface area contributed by atoms with Crippen LogP contribution in [0.3, 0.4) is 0 Å². The Hall–Kier alpha value is -2.77. The highest BCUT2D eigenvalue weighted by atomic mass is 32.1. The fraction of sp³-hybridized carbons (Fsp3) is 0.167. The summed E-state index contributed by atoms with van der Waals surface area (Å²) in [7, 11) is 0. The summed E-state index contributed by atoms with van der Waals surface area (Å²) in [6.07, 6.45) is 0. The number of fused-ring (bicyclic) bond motifs is 1. The summed E-state index contributed by atoms with van der Waals surface area (Å²) < 4.78 is 6.54. The number of carbonyl (C=O) groups excluding carboxylic acids is 2. The topological polar surface area (TPSA) is 80.3 Å². The van der Waals surface area contributed by atoms with Gasteiger partial charge in [-0.2, -0.15) is 0 Å². The molecule has 1 heterocycles. The predicted molar refractivity (Wildman–Crippen MR) is 98.7 cm³/mol. The summed E-state index contributed by atoms with van der Waals surface area (Å²) in [4.78, 5) is 27.5. The third-order valence-corrected chi connectivity index (χ3v) is 4.27. The molecule has 2 amide bonds. The summed E-state index contributed by atoms with van der Waals surface area (Å²) in [5, 5.41) is 6.24. The van der Waals surface area contributed by atoms with Crippen LogP contribution in [-0.2, 0) is 20.9 Å². The number of anilines is 2. The first-order chi connectivity index (χ1) is 12.1. The van der Waals surface area contributed by atoms with E-state index in [1.807, 2.05) is 24.3 Å². The Kier molecular flexibility index (Phi) is 5.37. The molecule has 6 nitrogen and oxygen atoms in total. The molecule has 7 heteroatoms. The second kappa shape index (κ2) is 7.87. The van der Waals surface area contributed by atoms with Crippen LogP contribution >= 0.6 is 11.3 Å². The van der Waals surface area contributed by atoms with Crippen LogP contribution in [0.4, 0.5) is 11.4 Å². The van der Waals surface area contributed by atoms with Gasteiger partial charge in [-0.05, 0) is 30.3 Å². The summed E-state index contributed by atoms with van der Waals surface area (Å²) in [5.74, 6) is -0.427. The third kappa shape index (κ3) is 4.85. The van der Waals surface area contributed by atoms with E-state index in [2.05, 4.69) is 15.6 Å². The van der Waals surface area contributed by atoms with Crippen molar-refractivity contribution in [3.63, 3.8) is 0 Å². The molecular weight excluding hydrogens is 338 g/mol. The minimum absolute atomic E-state index is 0.0692. The number of aromatic nitrogens is 1. The lowest BCUT2D eigenvalue weighted by Gasteiger charge is -2.08. The summed E-state index contributed by atoms with van der Waals surface area (Å²) in [5.41, 5.74) is 2.16. The summed E-state index contributed by atoms with van der Waals surface area (Å²) in [6.45, 7) is 1.65. The second-order valence-corrected chi connectivity index (χ2v) is 6.49. The molecule has 0 atom stereocenters. The number of carbonyl (C=O) groups is 2. The van der Waals surface area contributed by atoms with Crippen molar-refractivity contribution in [2.45, 2.75) is 13.5 Å². The first-order valence-electron chi connectivity index (χ1n) is 7.70. The molecule has 0 bridgehead atoms. The molecule has 2 N–H and O–H groups in total. The van der Waals surface area contributed by atoms with Crippen LogP contribution in [0.25, 0.3) is 10.2 Å². The highest BCUT2D eigenvalue weighted by Gasteiger charge is 2.07. The Balaban J connectivity index is 1.50. The van der Waals surface area contributed by atoms with Gasteiger partial charge in [-0.15, -0.1) is 11.3 Å². The number of nitrogens with zero attached hydrogens (tertiary/aromatic N) is 1. The molecule has 25 heavy (non-hydrogen) atoms. The van der Waals surface area contributed by atoms with Crippen molar-refractivity contribution in [2.75, 3.05) is 17.2 Å². The van der Waals surface area contributed by atoms with Gasteiger partial charge in [0.05, 0.1) is 16.8 Å². The predicted octanol–water partition coefficient (Wildman–Crippen LogP) is 3.41. The molecule has 0 aliphatic rings. The molecular formula is C18H17N3O3S. The van der Waals surface area contributed by atoms with E-state index in [0.717, 1.165) is 15.2 Å². The van der Waals surface area contributed by atoms with E-state index in [1.165, 1.54) is 6.92 Å². The minimum Gasteiger partial charge on any atom is -0.364 e. The number of rotatable bonds is 6. The van der Waals surface area contributed by atoms with Gasteiger partial charge in [0.15, 0.2) is 0 Å². The molecule has 0 aliphatic heterocycles. The summed E-state index contributed by atoms with van der Waals surface area (Å²) >= 11 is 1.55. The lowest BCUT2D eigenvalue weighted by atomic mass is 10.2. The van der Waals surface area contributed by atoms with E-state index >= 15 is 0 Å². The van der Waals surface area contributed by atoms with Crippen LogP contribution in [0, 0.1) is 0 Å². The van der Waals surface area contributed by atoms with Crippen LogP contribution in [0.1, 0.15) is 11.9 Å². The standard InChI is InChI=1S/C18H17N3O3S/c1-12(22)19-13-5-4-6-14(9-13)20-17(23)10-24-11-18-21-15-7-2-3-8-16(15)25-18/h2-9H,10-11H2,1H3,(H,19,22)(H,20,23). The number of thiazole rings is 1. The largest absolute Gasteiger partial charge is 0.364 e. The SMILES string of the molecule is CC(=O)Nc1cccc(NC(=O)COCc2nc3ccccc3s2)c1. The number of hydrogen-bond acceptors (Lipinski definition) is 5. The van der Waals surface area contributed by atoms with Crippen molar-refractivity contribution in [3.8, 4) is 0 Å². The van der Waals surface area contributed by atoms with E-state index in [9.17, 15) is 9.59 Å². The molecule has 2 aromatic carbocycles. The minimum atomic E-state index is -0.263. The van der Waals surface area contributed by atoms with Crippen LogP contribution < -0.4 is 10.6 Å². The van der Waals surface area contributed by atoms with Gasteiger partial charge in [0.25, 0.3) is 0 Å². The van der Waals surface area contributed by atoms with Gasteiger partial charge in [-0.1, -0.05) is 18.2 Å². The molecule has 1 aromatic heterocycles. The van der Waals surface area contributed by atoms with Crippen LogP contribution in [0.5, 0.6) is 0 Å². The summed E-state index contributed by atoms with van der Waals surface area (Å²) in [6, 6.07) is 14.8. The maximum Gasteiger partial charge on any atom is 0.250 e. The Labute approximate surface area is 148 Å². The Morgan fingerprint density at radius 3 is 2.60 bits per heavy atom. The van der Waals surface area contributed by atoms with Crippen molar-refractivity contribution in [3.05, 3.63) is 53.5 Å². The molecule has 3 aromatic rings. The number of nitrogens with one attached hydrogen (secondary N) is 2. The van der Waals surface area contributed by atoms with E-state index < -0.39 is 0 Å². The van der Waals surface area contributed by atoms with Gasteiger partial charge in [0, 0.05) is 18.3 Å². The van der Waals surface area contributed by atoms with E-state index in [-0.39, 0.29) is 18.4 Å². The smallest absolute Gasteiger partial charge is 0.250 e. The Morgan fingerprint density at radius 1 is 1.08 bits per heavy atom. The lowest BCUT2D eigenvalue weighted by Crippen LogP contribution is -2.18. The molecule has 0 radical (unpaired) electrons. The Morgan fingerprint density at radius 2 is 1.84 bits per heavy atom. The van der Waals surface area contributed by atoms with Gasteiger partial charge in [0.2, 0.25) is 11.8 Å². The average molecular weight is 355 g/mol. The monoisotopic (exact) mass is 355 g/mol. The molecule has 0 saturated heterocycles. The van der Waals surface area contributed by atoms with Crippen LogP contribution in [0.15, 0.2) is 48.5 Å². The van der Waals surface area contributed by atoms with Gasteiger partial charge in [-0.3, -0.25) is 9.59 Å². The molecule has 0 saturated carbocycles. The zero-order chi connectivity index (χ0) is 17.6. The van der Waals surface area contributed by atoms with Gasteiger partial charge in [0.1, 0.15) is 11.6 Å². The normalized spacial score (nSPS) is 10.6. The number of benzene rings is 2. The van der Waals surface area contributed by atoms with E-state index in [0.29, 0.717) is 18.0 Å². The molecule has 0 fully saturated rings. The zero-order valence-corrected chi connectivity index (χ0v) is 14.4. The van der Waals surface area contributed by atoms with E-state index in [1.54, 1.807) is 35.6 Å². The zero-order valence-electron chi connectivity index (χ0n) is 13.6. The van der Waals surface area contributed by atoms with Gasteiger partial charge in [-0.25, -0.2) is 4.98 Å². The molecule has 0 spiro atoms. The van der Waals surface area contributed by atoms with Gasteiger partial charge < -0.3 is 15.4 Å². The highest BCUT2D eigenvalue weighted by Crippen LogP contribution is 2.22. The van der Waals surface area contributed by atoms with Crippen molar-refractivity contribution < 1.29 is 14.3 Å². The molecule has 0 aliphatic carbocycles. The molecule has 3 rings (SSSR count). The average Bonchev–Trinajstić information content (AvgIpc) is 2.97. The first kappa shape index (κ1) is 17.1. The molecule has 128 valence electrons. The highest BCUT2D eigenvalue weighted by molar-refractivity contribution is 7.18. The molecule has 0 unspecified atom stereocenters. The van der Waals surface area contributed by atoms with Gasteiger partial charge >= 0.3 is 0 Å². The maximum atomic E-state index is 12.0. The lowest BCUT2D eigenvalue weighted by molar-refractivity contribution is -0.121. The fourth-order valence-electron chi connectivity index (χ4n) is 2.29. The van der Waals surface area contributed by atoms with Crippen molar-refractivity contribution in [1.29, 1.82) is 0 Å². The van der Waals surface area contributed by atoms with Crippen molar-refractivity contribution >= 4 is 44.7 Å². The second-order valence-electron chi connectivity index (χ2n) is 5.38. The van der Waals surface area contributed by atoms with Crippen LogP contribution in [0.2, 0.25) is 0 Å². The number of ether oxygens (including phenoxy) is 1. The van der Waals surface area contributed by atoms with E-state index in [4.69, 9.17) is 4.74 Å². The number of amides is 2. The number of para-hydroxylation sites is 1. The quantitative estimate of drug-likeness (QED) is 0.710. The third-order valence-electron chi connectivity index (χ3n) is 3.26. The number of hydrogen-bond donors (Lipinski definition) is 2. The van der Waals surface area contributed by atoms with Crippen LogP contribution in [-0.4, -0.2) is 23.4 Å². The maximum absolute atomic E-state index is 12.0. The fourth-order valence-corrected chi connectivity index (χ4v) is 3.19. The van der Waals surface area contributed by atoms with Crippen molar-refractivity contribution in [1.82, 2.24) is 4.98 Å². The van der Waals surface area contributed by atoms with Crippen molar-refractivity contribution in [2.24, 2.45) is 0 Å².